The van der Waals surface area contributed by atoms with Crippen LogP contribution in [-0.2, 0) is 9.16 Å². The summed E-state index contributed by atoms with van der Waals surface area (Å²) >= 11 is 3.28. The maximum atomic E-state index is 5.57. The van der Waals surface area contributed by atoms with Gasteiger partial charge >= 0.3 is 0 Å². The van der Waals surface area contributed by atoms with Crippen LogP contribution in [0.25, 0.3) is 0 Å². The molecule has 0 aromatic heterocycles. The Balaban J connectivity index is 3.02. The fraction of sp³-hybridized carbons (Fsp3) is 1.00. The molecule has 0 aliphatic carbocycles. The summed E-state index contributed by atoms with van der Waals surface area (Å²) in [5.74, 6) is 0. The summed E-state index contributed by atoms with van der Waals surface area (Å²) < 4.78 is 10.8. The molecule has 0 amide bonds. The van der Waals surface area contributed by atoms with Gasteiger partial charge in [0, 0.05) is 5.33 Å². The zero-order chi connectivity index (χ0) is 8.74. The van der Waals surface area contributed by atoms with Gasteiger partial charge in [0.15, 0.2) is 8.32 Å². The number of hydrogen-bond acceptors (Lipinski definition) is 2. The molecule has 0 atom stereocenters. The van der Waals surface area contributed by atoms with Gasteiger partial charge in [-0.2, -0.15) is 0 Å². The van der Waals surface area contributed by atoms with E-state index < -0.39 is 8.32 Å². The fourth-order valence-corrected chi connectivity index (χ4v) is 1.49. The van der Waals surface area contributed by atoms with E-state index in [1.165, 1.54) is 0 Å². The Morgan fingerprint density at radius 3 is 2.18 bits per heavy atom. The third-order valence-electron chi connectivity index (χ3n) is 0.984. The minimum atomic E-state index is -1.31. The SMILES string of the molecule is C[Si](C)(C)OCCOCCBr. The standard InChI is InChI=1S/C7H17BrO2Si/c1-11(2,3)10-7-6-9-5-4-8/h4-7H2,1-3H3. The van der Waals surface area contributed by atoms with Crippen LogP contribution in [0.15, 0.2) is 0 Å². The summed E-state index contributed by atoms with van der Waals surface area (Å²) in [7, 11) is -1.31. The second kappa shape index (κ2) is 6.17. The Kier molecular flexibility index (Phi) is 6.51. The van der Waals surface area contributed by atoms with Gasteiger partial charge in [-0.05, 0) is 19.6 Å². The second-order valence-electron chi connectivity index (χ2n) is 3.26. The summed E-state index contributed by atoms with van der Waals surface area (Å²) in [6.07, 6.45) is 0. The Labute approximate surface area is 78.5 Å². The van der Waals surface area contributed by atoms with Gasteiger partial charge in [-0.25, -0.2) is 0 Å². The Morgan fingerprint density at radius 2 is 1.73 bits per heavy atom. The van der Waals surface area contributed by atoms with E-state index in [0.29, 0.717) is 0 Å². The highest BCUT2D eigenvalue weighted by Crippen LogP contribution is 2.01. The van der Waals surface area contributed by atoms with Crippen LogP contribution < -0.4 is 0 Å². The van der Waals surface area contributed by atoms with Gasteiger partial charge in [0.1, 0.15) is 0 Å². The average Bonchev–Trinajstić information content (AvgIpc) is 1.85. The molecule has 0 saturated carbocycles. The summed E-state index contributed by atoms with van der Waals surface area (Å²) in [6.45, 7) is 8.76. The molecule has 0 aliphatic rings. The lowest BCUT2D eigenvalue weighted by molar-refractivity contribution is 0.110. The quantitative estimate of drug-likeness (QED) is 0.403. The van der Waals surface area contributed by atoms with Crippen LogP contribution in [-0.4, -0.2) is 33.5 Å². The molecule has 0 rings (SSSR count). The van der Waals surface area contributed by atoms with Crippen molar-refractivity contribution >= 4 is 24.2 Å². The van der Waals surface area contributed by atoms with Crippen LogP contribution in [0.3, 0.4) is 0 Å². The minimum absolute atomic E-state index is 0.718. The molecule has 0 N–H and O–H groups in total. The van der Waals surface area contributed by atoms with Crippen molar-refractivity contribution in [2.45, 2.75) is 19.6 Å². The molecule has 0 aromatic carbocycles. The molecule has 11 heavy (non-hydrogen) atoms. The molecular weight excluding hydrogens is 224 g/mol. The van der Waals surface area contributed by atoms with Gasteiger partial charge in [-0.15, -0.1) is 0 Å². The molecule has 0 aromatic rings. The highest BCUT2D eigenvalue weighted by molar-refractivity contribution is 9.09. The summed E-state index contributed by atoms with van der Waals surface area (Å²) in [5, 5.41) is 0.903. The van der Waals surface area contributed by atoms with E-state index in [-0.39, 0.29) is 0 Å². The molecule has 0 fully saturated rings. The smallest absolute Gasteiger partial charge is 0.183 e. The van der Waals surface area contributed by atoms with Crippen molar-refractivity contribution < 1.29 is 9.16 Å². The Morgan fingerprint density at radius 1 is 1.09 bits per heavy atom. The van der Waals surface area contributed by atoms with E-state index in [1.807, 2.05) is 0 Å². The third kappa shape index (κ3) is 10.6. The van der Waals surface area contributed by atoms with Gasteiger partial charge < -0.3 is 9.16 Å². The van der Waals surface area contributed by atoms with E-state index in [4.69, 9.17) is 9.16 Å². The van der Waals surface area contributed by atoms with Crippen molar-refractivity contribution in [3.05, 3.63) is 0 Å². The van der Waals surface area contributed by atoms with Crippen LogP contribution in [0.4, 0.5) is 0 Å². The first-order chi connectivity index (χ1) is 5.06. The van der Waals surface area contributed by atoms with Gasteiger partial charge in [-0.1, -0.05) is 15.9 Å². The first kappa shape index (κ1) is 11.6. The van der Waals surface area contributed by atoms with Crippen LogP contribution in [0, 0.1) is 0 Å². The molecule has 68 valence electrons. The molecule has 0 spiro atoms. The zero-order valence-electron chi connectivity index (χ0n) is 7.52. The first-order valence-electron chi connectivity index (χ1n) is 3.84. The molecule has 2 nitrogen and oxygen atoms in total. The van der Waals surface area contributed by atoms with Crippen molar-refractivity contribution in [3.8, 4) is 0 Å². The van der Waals surface area contributed by atoms with Gasteiger partial charge in [0.05, 0.1) is 19.8 Å². The minimum Gasteiger partial charge on any atom is -0.415 e. The van der Waals surface area contributed by atoms with E-state index in [9.17, 15) is 0 Å². The van der Waals surface area contributed by atoms with Crippen LogP contribution >= 0.6 is 15.9 Å². The number of ether oxygens (including phenoxy) is 1. The first-order valence-corrected chi connectivity index (χ1v) is 8.37. The van der Waals surface area contributed by atoms with Gasteiger partial charge in [0.25, 0.3) is 0 Å². The Hall–Kier alpha value is 0.617. The maximum absolute atomic E-state index is 5.57. The van der Waals surface area contributed by atoms with Gasteiger partial charge in [-0.3, -0.25) is 0 Å². The molecule has 0 bridgehead atoms. The lowest BCUT2D eigenvalue weighted by Crippen LogP contribution is -2.27. The molecule has 4 heteroatoms. The monoisotopic (exact) mass is 240 g/mol. The summed E-state index contributed by atoms with van der Waals surface area (Å²) in [6, 6.07) is 0. The van der Waals surface area contributed by atoms with Crippen LogP contribution in [0.5, 0.6) is 0 Å². The van der Waals surface area contributed by atoms with E-state index >= 15 is 0 Å². The van der Waals surface area contributed by atoms with Crippen molar-refractivity contribution in [2.75, 3.05) is 25.2 Å². The van der Waals surface area contributed by atoms with Crippen molar-refractivity contribution in [1.82, 2.24) is 0 Å². The Bertz CT molecular complexity index is 92.9. The third-order valence-corrected chi connectivity index (χ3v) is 2.38. The highest BCUT2D eigenvalue weighted by atomic mass is 79.9. The van der Waals surface area contributed by atoms with Gasteiger partial charge in [0.2, 0.25) is 0 Å². The molecule has 0 unspecified atom stereocenters. The number of rotatable bonds is 6. The number of hydrogen-bond donors (Lipinski definition) is 0. The van der Waals surface area contributed by atoms with Crippen LogP contribution in [0.1, 0.15) is 0 Å². The zero-order valence-corrected chi connectivity index (χ0v) is 10.1. The topological polar surface area (TPSA) is 18.5 Å². The number of halogens is 1. The normalized spacial score (nSPS) is 12.0. The molecule has 0 aliphatic heterocycles. The van der Waals surface area contributed by atoms with Crippen molar-refractivity contribution in [2.24, 2.45) is 0 Å². The number of alkyl halides is 1. The van der Waals surface area contributed by atoms with E-state index in [2.05, 4.69) is 35.6 Å². The predicted octanol–water partition coefficient (Wildman–Crippen LogP) is 2.25. The second-order valence-corrected chi connectivity index (χ2v) is 8.57. The molecule has 0 radical (unpaired) electrons. The average molecular weight is 241 g/mol. The molecular formula is C7H17BrO2Si. The van der Waals surface area contributed by atoms with Crippen molar-refractivity contribution in [3.63, 3.8) is 0 Å². The largest absolute Gasteiger partial charge is 0.415 e. The highest BCUT2D eigenvalue weighted by Gasteiger charge is 2.12. The summed E-state index contributed by atoms with van der Waals surface area (Å²) in [4.78, 5) is 0. The van der Waals surface area contributed by atoms with E-state index in [1.54, 1.807) is 0 Å². The molecule has 0 saturated heterocycles. The maximum Gasteiger partial charge on any atom is 0.183 e. The molecule has 0 heterocycles. The lowest BCUT2D eigenvalue weighted by Gasteiger charge is -2.16. The predicted molar refractivity (Wildman–Crippen MR) is 53.9 cm³/mol. The van der Waals surface area contributed by atoms with Crippen LogP contribution in [0.2, 0.25) is 19.6 Å². The van der Waals surface area contributed by atoms with E-state index in [0.717, 1.165) is 25.2 Å². The lowest BCUT2D eigenvalue weighted by atomic mass is 10.8. The summed E-state index contributed by atoms with van der Waals surface area (Å²) in [5.41, 5.74) is 0. The van der Waals surface area contributed by atoms with Crippen molar-refractivity contribution in [1.29, 1.82) is 0 Å². The fourth-order valence-electron chi connectivity index (χ4n) is 0.563.